The molecule has 0 aromatic rings. The number of aliphatic hydroxyl groups is 1. The molecule has 1 aliphatic carbocycles. The zero-order valence-electron chi connectivity index (χ0n) is 8.33. The van der Waals surface area contributed by atoms with E-state index in [0.717, 1.165) is 32.2 Å². The first kappa shape index (κ1) is 9.93. The summed E-state index contributed by atoms with van der Waals surface area (Å²) in [6.07, 6.45) is 4.37. The van der Waals surface area contributed by atoms with Crippen LogP contribution in [0.4, 0.5) is 0 Å². The van der Waals surface area contributed by atoms with Crippen LogP contribution < -0.4 is 10.6 Å². The second kappa shape index (κ2) is 4.28. The second-order valence-electron chi connectivity index (χ2n) is 4.38. The molecule has 1 unspecified atom stereocenters. The van der Waals surface area contributed by atoms with E-state index >= 15 is 0 Å². The topological polar surface area (TPSA) is 61.4 Å². The molecule has 14 heavy (non-hydrogen) atoms. The van der Waals surface area contributed by atoms with Gasteiger partial charge in [-0.15, -0.1) is 0 Å². The minimum atomic E-state index is -0.101. The highest BCUT2D eigenvalue weighted by atomic mass is 16.3. The first-order valence-electron chi connectivity index (χ1n) is 5.45. The van der Waals surface area contributed by atoms with Gasteiger partial charge in [0, 0.05) is 25.0 Å². The molecular weight excluding hydrogens is 180 g/mol. The Balaban J connectivity index is 1.72. The normalized spacial score (nSPS) is 38.4. The van der Waals surface area contributed by atoms with Crippen molar-refractivity contribution in [1.29, 1.82) is 0 Å². The third-order valence-corrected chi connectivity index (χ3v) is 3.15. The molecule has 1 heterocycles. The Kier molecular flexibility index (Phi) is 3.03. The molecule has 1 saturated heterocycles. The number of nitrogens with one attached hydrogen (secondary N) is 2. The number of amides is 1. The highest BCUT2D eigenvalue weighted by molar-refractivity contribution is 5.78. The van der Waals surface area contributed by atoms with Crippen LogP contribution in [0.2, 0.25) is 0 Å². The van der Waals surface area contributed by atoms with E-state index < -0.39 is 0 Å². The van der Waals surface area contributed by atoms with Crippen LogP contribution in [0.15, 0.2) is 0 Å². The zero-order valence-corrected chi connectivity index (χ0v) is 8.33. The van der Waals surface area contributed by atoms with Crippen molar-refractivity contribution >= 4 is 5.91 Å². The minimum Gasteiger partial charge on any atom is -0.393 e. The first-order chi connectivity index (χ1) is 6.74. The van der Waals surface area contributed by atoms with E-state index in [1.54, 1.807) is 0 Å². The van der Waals surface area contributed by atoms with Crippen LogP contribution in [0, 0.1) is 0 Å². The Morgan fingerprint density at radius 3 is 2.50 bits per heavy atom. The number of aliphatic hydroxyl groups excluding tert-OH is 1. The van der Waals surface area contributed by atoms with Gasteiger partial charge in [0.2, 0.25) is 5.91 Å². The lowest BCUT2D eigenvalue weighted by Crippen LogP contribution is -2.42. The number of hydrogen-bond donors (Lipinski definition) is 3. The van der Waals surface area contributed by atoms with Gasteiger partial charge in [-0.05, 0) is 25.7 Å². The first-order valence-corrected chi connectivity index (χ1v) is 5.45. The fourth-order valence-corrected chi connectivity index (χ4v) is 2.30. The lowest BCUT2D eigenvalue weighted by atomic mass is 9.92. The Hall–Kier alpha value is -0.610. The Morgan fingerprint density at radius 2 is 1.93 bits per heavy atom. The lowest BCUT2D eigenvalue weighted by Gasteiger charge is -2.28. The van der Waals surface area contributed by atoms with Gasteiger partial charge in [-0.3, -0.25) is 4.79 Å². The van der Waals surface area contributed by atoms with Gasteiger partial charge in [0.15, 0.2) is 0 Å². The number of carbonyl (C=O) groups is 1. The predicted molar refractivity (Wildman–Crippen MR) is 52.8 cm³/mol. The number of carbonyl (C=O) groups excluding carboxylic acids is 1. The van der Waals surface area contributed by atoms with Crippen molar-refractivity contribution in [2.75, 3.05) is 6.54 Å². The smallest absolute Gasteiger partial charge is 0.221 e. The van der Waals surface area contributed by atoms with Crippen molar-refractivity contribution in [3.8, 4) is 0 Å². The maximum absolute atomic E-state index is 11.0. The molecule has 0 bridgehead atoms. The van der Waals surface area contributed by atoms with Crippen molar-refractivity contribution in [2.45, 2.75) is 50.3 Å². The highest BCUT2D eigenvalue weighted by Gasteiger charge is 2.26. The third kappa shape index (κ3) is 2.45. The van der Waals surface area contributed by atoms with Crippen molar-refractivity contribution in [3.63, 3.8) is 0 Å². The predicted octanol–water partition coefficient (Wildman–Crippen LogP) is -0.232. The molecule has 1 saturated carbocycles. The molecule has 4 heteroatoms. The molecule has 0 aromatic heterocycles. The zero-order chi connectivity index (χ0) is 9.97. The lowest BCUT2D eigenvalue weighted by molar-refractivity contribution is -0.119. The van der Waals surface area contributed by atoms with Gasteiger partial charge in [-0.25, -0.2) is 0 Å². The molecule has 1 amide bonds. The van der Waals surface area contributed by atoms with E-state index in [9.17, 15) is 9.90 Å². The molecule has 2 fully saturated rings. The van der Waals surface area contributed by atoms with Gasteiger partial charge in [0.25, 0.3) is 0 Å². The van der Waals surface area contributed by atoms with Gasteiger partial charge in [0.1, 0.15) is 0 Å². The fourth-order valence-electron chi connectivity index (χ4n) is 2.30. The summed E-state index contributed by atoms with van der Waals surface area (Å²) >= 11 is 0. The van der Waals surface area contributed by atoms with Crippen LogP contribution in [0.3, 0.4) is 0 Å². The van der Waals surface area contributed by atoms with Crippen LogP contribution in [0.25, 0.3) is 0 Å². The largest absolute Gasteiger partial charge is 0.393 e. The molecule has 0 spiro atoms. The summed E-state index contributed by atoms with van der Waals surface area (Å²) in [6, 6.07) is 0.804. The quantitative estimate of drug-likeness (QED) is 0.574. The summed E-state index contributed by atoms with van der Waals surface area (Å²) in [4.78, 5) is 11.0. The third-order valence-electron chi connectivity index (χ3n) is 3.15. The maximum Gasteiger partial charge on any atom is 0.221 e. The maximum atomic E-state index is 11.0. The van der Waals surface area contributed by atoms with Crippen molar-refractivity contribution in [1.82, 2.24) is 10.6 Å². The van der Waals surface area contributed by atoms with Crippen LogP contribution in [0.5, 0.6) is 0 Å². The fraction of sp³-hybridized carbons (Fsp3) is 0.900. The second-order valence-corrected chi connectivity index (χ2v) is 4.38. The van der Waals surface area contributed by atoms with E-state index in [1.807, 2.05) is 0 Å². The van der Waals surface area contributed by atoms with Gasteiger partial charge in [-0.2, -0.15) is 0 Å². The van der Waals surface area contributed by atoms with Crippen LogP contribution in [-0.2, 0) is 4.79 Å². The van der Waals surface area contributed by atoms with E-state index in [1.165, 1.54) is 0 Å². The van der Waals surface area contributed by atoms with Crippen LogP contribution in [-0.4, -0.2) is 35.7 Å². The molecule has 1 atom stereocenters. The summed E-state index contributed by atoms with van der Waals surface area (Å²) in [6.45, 7) is 0.762. The van der Waals surface area contributed by atoms with E-state index in [0.29, 0.717) is 18.5 Å². The van der Waals surface area contributed by atoms with Gasteiger partial charge >= 0.3 is 0 Å². The average molecular weight is 198 g/mol. The Morgan fingerprint density at radius 1 is 1.21 bits per heavy atom. The molecular formula is C10H18N2O2. The van der Waals surface area contributed by atoms with E-state index in [4.69, 9.17) is 0 Å². The van der Waals surface area contributed by atoms with Crippen LogP contribution >= 0.6 is 0 Å². The summed E-state index contributed by atoms with van der Waals surface area (Å²) in [5, 5.41) is 15.6. The molecule has 4 nitrogen and oxygen atoms in total. The van der Waals surface area contributed by atoms with Gasteiger partial charge in [0.05, 0.1) is 6.10 Å². The molecule has 0 aromatic carbocycles. The monoisotopic (exact) mass is 198 g/mol. The molecule has 2 aliphatic rings. The standard InChI is InChI=1S/C10H18N2O2/c13-9-3-1-7(2-4-9)12-8-5-10(14)11-6-8/h7-9,12-13H,1-6H2,(H,11,14). The Labute approximate surface area is 84.1 Å². The number of hydrogen-bond acceptors (Lipinski definition) is 3. The van der Waals surface area contributed by atoms with E-state index in [2.05, 4.69) is 10.6 Å². The molecule has 0 radical (unpaired) electrons. The van der Waals surface area contributed by atoms with Gasteiger partial charge in [-0.1, -0.05) is 0 Å². The molecule has 80 valence electrons. The summed E-state index contributed by atoms with van der Waals surface area (Å²) < 4.78 is 0. The summed E-state index contributed by atoms with van der Waals surface area (Å²) in [5.74, 6) is 0.151. The molecule has 3 N–H and O–H groups in total. The highest BCUT2D eigenvalue weighted by Crippen LogP contribution is 2.19. The van der Waals surface area contributed by atoms with Gasteiger partial charge < -0.3 is 15.7 Å². The number of rotatable bonds is 2. The summed E-state index contributed by atoms with van der Waals surface area (Å²) in [7, 11) is 0. The molecule has 1 aliphatic heterocycles. The minimum absolute atomic E-state index is 0.101. The molecule has 2 rings (SSSR count). The average Bonchev–Trinajstić information content (AvgIpc) is 2.56. The SMILES string of the molecule is O=C1CC(NC2CCC(O)CC2)CN1. The van der Waals surface area contributed by atoms with Crippen LogP contribution in [0.1, 0.15) is 32.1 Å². The van der Waals surface area contributed by atoms with Crippen molar-refractivity contribution in [2.24, 2.45) is 0 Å². The van der Waals surface area contributed by atoms with E-state index in [-0.39, 0.29) is 12.0 Å². The summed E-state index contributed by atoms with van der Waals surface area (Å²) in [5.41, 5.74) is 0. The Bertz CT molecular complexity index is 212. The van der Waals surface area contributed by atoms with Crippen molar-refractivity contribution in [3.05, 3.63) is 0 Å². The van der Waals surface area contributed by atoms with Crippen molar-refractivity contribution < 1.29 is 9.90 Å².